The number of carbonyl (C=O) groups excluding carboxylic acids is 1. The molecule has 6 heteroatoms. The molecular formula is C13H13BrFN3O. The van der Waals surface area contributed by atoms with Gasteiger partial charge in [0.05, 0.1) is 6.04 Å². The van der Waals surface area contributed by atoms with Crippen LogP contribution in [0.2, 0.25) is 0 Å². The average molecular weight is 326 g/mol. The van der Waals surface area contributed by atoms with Gasteiger partial charge in [-0.05, 0) is 24.6 Å². The highest BCUT2D eigenvalue weighted by molar-refractivity contribution is 9.10. The van der Waals surface area contributed by atoms with Gasteiger partial charge in [-0.15, -0.1) is 0 Å². The zero-order valence-corrected chi connectivity index (χ0v) is 11.9. The van der Waals surface area contributed by atoms with Crippen LogP contribution in [0.4, 0.5) is 4.39 Å². The molecule has 1 amide bonds. The number of carbonyl (C=O) groups is 1. The number of hydrogen-bond donors (Lipinski definition) is 2. The summed E-state index contributed by atoms with van der Waals surface area (Å²) in [6, 6.07) is 3.87. The highest BCUT2D eigenvalue weighted by Crippen LogP contribution is 2.17. The van der Waals surface area contributed by atoms with E-state index in [1.165, 1.54) is 12.1 Å². The van der Waals surface area contributed by atoms with Crippen LogP contribution < -0.4 is 5.32 Å². The van der Waals surface area contributed by atoms with E-state index >= 15 is 0 Å². The largest absolute Gasteiger partial charge is 0.347 e. The standard InChI is InChI=1S/C13H13BrFN3O/c1-2-11(12-16-3-4-17-12)18-13(19)8-5-9(14)7-10(15)6-8/h3-7,11H,2H2,1H3,(H,16,17)(H,18,19). The van der Waals surface area contributed by atoms with Crippen LogP contribution in [0.25, 0.3) is 0 Å². The van der Waals surface area contributed by atoms with Gasteiger partial charge in [-0.3, -0.25) is 4.79 Å². The third-order valence-electron chi connectivity index (χ3n) is 2.69. The van der Waals surface area contributed by atoms with E-state index in [-0.39, 0.29) is 17.5 Å². The Bertz CT molecular complexity index is 551. The van der Waals surface area contributed by atoms with Gasteiger partial charge in [-0.25, -0.2) is 9.37 Å². The third-order valence-corrected chi connectivity index (χ3v) is 3.15. The maximum Gasteiger partial charge on any atom is 0.252 e. The van der Waals surface area contributed by atoms with E-state index in [1.54, 1.807) is 18.5 Å². The van der Waals surface area contributed by atoms with Gasteiger partial charge < -0.3 is 10.3 Å². The molecule has 1 aromatic heterocycles. The maximum absolute atomic E-state index is 13.3. The van der Waals surface area contributed by atoms with E-state index < -0.39 is 5.82 Å². The second-order valence-electron chi connectivity index (χ2n) is 4.07. The Kier molecular flexibility index (Phi) is 4.31. The number of aromatic amines is 1. The number of hydrogen-bond acceptors (Lipinski definition) is 2. The summed E-state index contributed by atoms with van der Waals surface area (Å²) in [7, 11) is 0. The second-order valence-corrected chi connectivity index (χ2v) is 4.98. The first-order valence-corrected chi connectivity index (χ1v) is 6.65. The van der Waals surface area contributed by atoms with Gasteiger partial charge in [0, 0.05) is 22.4 Å². The summed E-state index contributed by atoms with van der Waals surface area (Å²) in [5.41, 5.74) is 0.275. The molecule has 0 bridgehead atoms. The van der Waals surface area contributed by atoms with Crippen molar-refractivity contribution < 1.29 is 9.18 Å². The monoisotopic (exact) mass is 325 g/mol. The molecule has 1 heterocycles. The van der Waals surface area contributed by atoms with Crippen molar-refractivity contribution in [3.8, 4) is 0 Å². The molecular weight excluding hydrogens is 313 g/mol. The van der Waals surface area contributed by atoms with Crippen molar-refractivity contribution in [3.63, 3.8) is 0 Å². The van der Waals surface area contributed by atoms with Gasteiger partial charge in [0.15, 0.2) is 0 Å². The fraction of sp³-hybridized carbons (Fsp3) is 0.231. The quantitative estimate of drug-likeness (QED) is 0.906. The number of amides is 1. The Morgan fingerprint density at radius 1 is 1.53 bits per heavy atom. The topological polar surface area (TPSA) is 57.8 Å². The molecule has 2 N–H and O–H groups in total. The Morgan fingerprint density at radius 3 is 2.89 bits per heavy atom. The van der Waals surface area contributed by atoms with Crippen LogP contribution in [0.15, 0.2) is 35.1 Å². The number of aromatic nitrogens is 2. The number of nitrogens with one attached hydrogen (secondary N) is 2. The van der Waals surface area contributed by atoms with Crippen molar-refractivity contribution in [2.75, 3.05) is 0 Å². The molecule has 2 aromatic rings. The third kappa shape index (κ3) is 3.41. The van der Waals surface area contributed by atoms with Crippen molar-refractivity contribution in [1.29, 1.82) is 0 Å². The number of benzene rings is 1. The lowest BCUT2D eigenvalue weighted by Crippen LogP contribution is -2.29. The Balaban J connectivity index is 2.15. The summed E-state index contributed by atoms with van der Waals surface area (Å²) in [5, 5.41) is 2.82. The van der Waals surface area contributed by atoms with E-state index in [0.29, 0.717) is 16.7 Å². The second kappa shape index (κ2) is 5.97. The van der Waals surface area contributed by atoms with Crippen molar-refractivity contribution in [2.24, 2.45) is 0 Å². The summed E-state index contributed by atoms with van der Waals surface area (Å²) in [4.78, 5) is 19.1. The molecule has 0 saturated heterocycles. The molecule has 0 aliphatic rings. The van der Waals surface area contributed by atoms with Crippen molar-refractivity contribution >= 4 is 21.8 Å². The van der Waals surface area contributed by atoms with Gasteiger partial charge in [0.1, 0.15) is 11.6 Å². The van der Waals surface area contributed by atoms with Gasteiger partial charge in [0.25, 0.3) is 5.91 Å². The summed E-state index contributed by atoms with van der Waals surface area (Å²) in [6.45, 7) is 1.94. The minimum absolute atomic E-state index is 0.218. The molecule has 4 nitrogen and oxygen atoms in total. The number of nitrogens with zero attached hydrogens (tertiary/aromatic N) is 1. The molecule has 0 saturated carbocycles. The van der Waals surface area contributed by atoms with Crippen LogP contribution in [0.3, 0.4) is 0 Å². The van der Waals surface area contributed by atoms with Crippen LogP contribution in [0.5, 0.6) is 0 Å². The van der Waals surface area contributed by atoms with E-state index in [1.807, 2.05) is 6.92 Å². The summed E-state index contributed by atoms with van der Waals surface area (Å²) >= 11 is 3.16. The number of halogens is 2. The molecule has 0 fully saturated rings. The first-order valence-electron chi connectivity index (χ1n) is 5.86. The highest BCUT2D eigenvalue weighted by Gasteiger charge is 2.16. The predicted octanol–water partition coefficient (Wildman–Crippen LogP) is 3.19. The highest BCUT2D eigenvalue weighted by atomic mass is 79.9. The maximum atomic E-state index is 13.3. The molecule has 0 aliphatic carbocycles. The van der Waals surface area contributed by atoms with Gasteiger partial charge >= 0.3 is 0 Å². The normalized spacial score (nSPS) is 12.2. The van der Waals surface area contributed by atoms with E-state index in [9.17, 15) is 9.18 Å². The van der Waals surface area contributed by atoms with E-state index in [4.69, 9.17) is 0 Å². The van der Waals surface area contributed by atoms with Crippen molar-refractivity contribution in [2.45, 2.75) is 19.4 Å². The minimum Gasteiger partial charge on any atom is -0.347 e. The summed E-state index contributed by atoms with van der Waals surface area (Å²) in [5.74, 6) is -0.0969. The molecule has 2 rings (SSSR count). The van der Waals surface area contributed by atoms with Crippen molar-refractivity contribution in [3.05, 3.63) is 52.3 Å². The molecule has 1 unspecified atom stereocenters. The summed E-state index contributed by atoms with van der Waals surface area (Å²) < 4.78 is 13.8. The molecule has 100 valence electrons. The van der Waals surface area contributed by atoms with Crippen LogP contribution in [-0.4, -0.2) is 15.9 Å². The van der Waals surface area contributed by atoms with Crippen LogP contribution in [-0.2, 0) is 0 Å². The molecule has 0 spiro atoms. The Hall–Kier alpha value is -1.69. The van der Waals surface area contributed by atoms with E-state index in [0.717, 1.165) is 0 Å². The van der Waals surface area contributed by atoms with Gasteiger partial charge in [-0.1, -0.05) is 22.9 Å². The molecule has 1 aromatic carbocycles. The van der Waals surface area contributed by atoms with Crippen molar-refractivity contribution in [1.82, 2.24) is 15.3 Å². The smallest absolute Gasteiger partial charge is 0.252 e. The molecule has 1 atom stereocenters. The Labute approximate surface area is 118 Å². The predicted molar refractivity (Wildman–Crippen MR) is 73.2 cm³/mol. The molecule has 0 aliphatic heterocycles. The fourth-order valence-electron chi connectivity index (χ4n) is 1.76. The fourth-order valence-corrected chi connectivity index (χ4v) is 2.22. The number of H-pyrrole nitrogens is 1. The molecule has 0 radical (unpaired) electrons. The zero-order chi connectivity index (χ0) is 13.8. The van der Waals surface area contributed by atoms with E-state index in [2.05, 4.69) is 31.2 Å². The first-order chi connectivity index (χ1) is 9.10. The minimum atomic E-state index is -0.453. The Morgan fingerprint density at radius 2 is 2.32 bits per heavy atom. The van der Waals surface area contributed by atoms with Crippen LogP contribution in [0, 0.1) is 5.82 Å². The SMILES string of the molecule is CCC(NC(=O)c1cc(F)cc(Br)c1)c1ncc[nH]1. The van der Waals surface area contributed by atoms with Crippen LogP contribution >= 0.6 is 15.9 Å². The number of imidazole rings is 1. The first kappa shape index (κ1) is 13.7. The zero-order valence-electron chi connectivity index (χ0n) is 10.3. The number of rotatable bonds is 4. The lowest BCUT2D eigenvalue weighted by atomic mass is 10.1. The summed E-state index contributed by atoms with van der Waals surface area (Å²) in [6.07, 6.45) is 4.02. The molecule has 19 heavy (non-hydrogen) atoms. The average Bonchev–Trinajstić information content (AvgIpc) is 2.88. The lowest BCUT2D eigenvalue weighted by molar-refractivity contribution is 0.0933. The van der Waals surface area contributed by atoms with Crippen LogP contribution in [0.1, 0.15) is 35.6 Å². The van der Waals surface area contributed by atoms with Gasteiger partial charge in [-0.2, -0.15) is 0 Å². The lowest BCUT2D eigenvalue weighted by Gasteiger charge is -2.14. The van der Waals surface area contributed by atoms with Gasteiger partial charge in [0.2, 0.25) is 0 Å².